The van der Waals surface area contributed by atoms with Crippen LogP contribution in [0.5, 0.6) is 0 Å². The van der Waals surface area contributed by atoms with Crippen LogP contribution in [-0.2, 0) is 14.3 Å². The summed E-state index contributed by atoms with van der Waals surface area (Å²) in [5, 5.41) is 0. The lowest BCUT2D eigenvalue weighted by atomic mass is 9.76. The topological polar surface area (TPSA) is 43.4 Å². The van der Waals surface area contributed by atoms with E-state index in [1.807, 2.05) is 0 Å². The normalized spacial score (nSPS) is 42.5. The van der Waals surface area contributed by atoms with Crippen molar-refractivity contribution in [1.29, 1.82) is 0 Å². The lowest BCUT2D eigenvalue weighted by molar-refractivity contribution is -0.147. The molecule has 1 aliphatic heterocycles. The number of ether oxygens (including phenoxy) is 1. The van der Waals surface area contributed by atoms with Crippen molar-refractivity contribution >= 4 is 11.8 Å². The summed E-state index contributed by atoms with van der Waals surface area (Å²) in [5.74, 6) is -0.321. The van der Waals surface area contributed by atoms with Crippen molar-refractivity contribution in [2.45, 2.75) is 32.3 Å². The molecule has 60 valence electrons. The van der Waals surface area contributed by atoms with Gasteiger partial charge in [-0.15, -0.1) is 0 Å². The number of Topliss-reactive ketones (excluding diaryl/α,β-unsaturated/α-hetero) is 1. The highest BCUT2D eigenvalue weighted by Gasteiger charge is 2.55. The van der Waals surface area contributed by atoms with Gasteiger partial charge in [0.1, 0.15) is 5.41 Å². The Bertz CT molecular complexity index is 233. The molecule has 1 heterocycles. The number of rotatable bonds is 0. The van der Waals surface area contributed by atoms with E-state index >= 15 is 0 Å². The van der Waals surface area contributed by atoms with Crippen LogP contribution in [0.15, 0.2) is 0 Å². The fourth-order valence-electron chi connectivity index (χ4n) is 1.82. The zero-order chi connectivity index (χ0) is 8.06. The summed E-state index contributed by atoms with van der Waals surface area (Å²) in [7, 11) is 0. The smallest absolute Gasteiger partial charge is 0.320 e. The molecule has 11 heavy (non-hydrogen) atoms. The van der Waals surface area contributed by atoms with E-state index in [1.165, 1.54) is 0 Å². The van der Waals surface area contributed by atoms with Crippen molar-refractivity contribution in [3.05, 3.63) is 0 Å². The molecule has 0 N–H and O–H groups in total. The molecule has 0 aromatic heterocycles. The molecule has 2 bridgehead atoms. The third-order valence-corrected chi connectivity index (χ3v) is 2.68. The van der Waals surface area contributed by atoms with Gasteiger partial charge in [-0.3, -0.25) is 9.59 Å². The molecule has 0 radical (unpaired) electrons. The van der Waals surface area contributed by atoms with Gasteiger partial charge in [0, 0.05) is 0 Å². The number of ketones is 1. The first-order valence-corrected chi connectivity index (χ1v) is 3.90. The number of carbonyl (C=O) groups excluding carboxylic acids is 2. The molecule has 2 atom stereocenters. The average Bonchev–Trinajstić information content (AvgIpc) is 2.16. The van der Waals surface area contributed by atoms with Crippen molar-refractivity contribution in [3.63, 3.8) is 0 Å². The Labute approximate surface area is 64.7 Å². The standard InChI is InChI=1S/C8H10O3/c1-8-4-2-3-5(6(8)9)11-7(8)10/h5H,2-4H2,1H3. The number of hydrogen-bond acceptors (Lipinski definition) is 3. The maximum Gasteiger partial charge on any atom is 0.320 e. The van der Waals surface area contributed by atoms with Gasteiger partial charge < -0.3 is 4.74 Å². The first-order chi connectivity index (χ1) is 5.14. The van der Waals surface area contributed by atoms with E-state index in [0.29, 0.717) is 6.42 Å². The van der Waals surface area contributed by atoms with E-state index in [2.05, 4.69) is 0 Å². The summed E-state index contributed by atoms with van der Waals surface area (Å²) < 4.78 is 4.91. The van der Waals surface area contributed by atoms with Crippen LogP contribution >= 0.6 is 0 Å². The highest BCUT2D eigenvalue weighted by atomic mass is 16.6. The third-order valence-electron chi connectivity index (χ3n) is 2.68. The number of esters is 1. The van der Waals surface area contributed by atoms with Crippen LogP contribution in [0, 0.1) is 5.41 Å². The number of hydrogen-bond donors (Lipinski definition) is 0. The monoisotopic (exact) mass is 154 g/mol. The van der Waals surface area contributed by atoms with E-state index in [1.54, 1.807) is 6.92 Å². The summed E-state index contributed by atoms with van der Waals surface area (Å²) in [6.45, 7) is 1.69. The van der Waals surface area contributed by atoms with Gasteiger partial charge in [0.25, 0.3) is 0 Å². The minimum absolute atomic E-state index is 0.00579. The predicted octanol–water partition coefficient (Wildman–Crippen LogP) is 0.671. The van der Waals surface area contributed by atoms with E-state index in [0.717, 1.165) is 12.8 Å². The molecule has 3 heteroatoms. The molecule has 2 fully saturated rings. The van der Waals surface area contributed by atoms with Crippen LogP contribution in [0.4, 0.5) is 0 Å². The molecular weight excluding hydrogens is 144 g/mol. The molecule has 3 nitrogen and oxygen atoms in total. The zero-order valence-electron chi connectivity index (χ0n) is 6.42. The molecule has 0 aromatic rings. The Morgan fingerprint density at radius 1 is 1.55 bits per heavy atom. The predicted molar refractivity (Wildman–Crippen MR) is 36.8 cm³/mol. The SMILES string of the molecule is CC12CCCC(OC1=O)C2=O. The summed E-state index contributed by atoms with van der Waals surface area (Å²) in [6.07, 6.45) is 1.90. The van der Waals surface area contributed by atoms with Crippen molar-refractivity contribution < 1.29 is 14.3 Å². The molecule has 2 aliphatic rings. The summed E-state index contributed by atoms with van der Waals surface area (Å²) in [6, 6.07) is 0. The van der Waals surface area contributed by atoms with E-state index in [9.17, 15) is 9.59 Å². The van der Waals surface area contributed by atoms with Crippen LogP contribution in [0.3, 0.4) is 0 Å². The second-order valence-corrected chi connectivity index (χ2v) is 3.48. The fraction of sp³-hybridized carbons (Fsp3) is 0.750. The molecular formula is C8H10O3. The second kappa shape index (κ2) is 1.84. The fourth-order valence-corrected chi connectivity index (χ4v) is 1.82. The first-order valence-electron chi connectivity index (χ1n) is 3.90. The van der Waals surface area contributed by atoms with Crippen LogP contribution in [0.1, 0.15) is 26.2 Å². The van der Waals surface area contributed by atoms with Gasteiger partial charge in [0.15, 0.2) is 11.9 Å². The molecule has 0 spiro atoms. The van der Waals surface area contributed by atoms with Gasteiger partial charge in [-0.2, -0.15) is 0 Å². The first kappa shape index (κ1) is 6.83. The second-order valence-electron chi connectivity index (χ2n) is 3.48. The van der Waals surface area contributed by atoms with Crippen LogP contribution in [-0.4, -0.2) is 17.9 Å². The summed E-state index contributed by atoms with van der Waals surface area (Å²) in [5.41, 5.74) is -0.789. The van der Waals surface area contributed by atoms with Crippen LogP contribution in [0.2, 0.25) is 0 Å². The minimum Gasteiger partial charge on any atom is -0.454 e. The number of fused-ring (bicyclic) bond motifs is 2. The molecule has 0 aromatic carbocycles. The molecule has 1 saturated heterocycles. The Balaban J connectivity index is 2.41. The largest absolute Gasteiger partial charge is 0.454 e. The van der Waals surface area contributed by atoms with Crippen molar-refractivity contribution in [2.75, 3.05) is 0 Å². The molecule has 2 unspecified atom stereocenters. The van der Waals surface area contributed by atoms with E-state index in [4.69, 9.17) is 4.74 Å². The maximum absolute atomic E-state index is 11.4. The molecule has 0 amide bonds. The Kier molecular flexibility index (Phi) is 1.14. The zero-order valence-corrected chi connectivity index (χ0v) is 6.42. The highest BCUT2D eigenvalue weighted by Crippen LogP contribution is 2.41. The van der Waals surface area contributed by atoms with Gasteiger partial charge in [-0.25, -0.2) is 0 Å². The van der Waals surface area contributed by atoms with E-state index in [-0.39, 0.29) is 11.8 Å². The van der Waals surface area contributed by atoms with Crippen molar-refractivity contribution in [1.82, 2.24) is 0 Å². The highest BCUT2D eigenvalue weighted by molar-refractivity contribution is 6.10. The van der Waals surface area contributed by atoms with Crippen molar-refractivity contribution in [3.8, 4) is 0 Å². The Morgan fingerprint density at radius 3 is 2.82 bits per heavy atom. The summed E-state index contributed by atoms with van der Waals surface area (Å²) in [4.78, 5) is 22.5. The average molecular weight is 154 g/mol. The molecule has 1 saturated carbocycles. The maximum atomic E-state index is 11.4. The lowest BCUT2D eigenvalue weighted by Gasteiger charge is -2.20. The Hall–Kier alpha value is -0.860. The lowest BCUT2D eigenvalue weighted by Crippen LogP contribution is -2.35. The van der Waals surface area contributed by atoms with Gasteiger partial charge in [-0.1, -0.05) is 0 Å². The van der Waals surface area contributed by atoms with Crippen LogP contribution in [0.25, 0.3) is 0 Å². The van der Waals surface area contributed by atoms with Gasteiger partial charge in [0.2, 0.25) is 0 Å². The molecule has 2 rings (SSSR count). The quantitative estimate of drug-likeness (QED) is 0.380. The minimum atomic E-state index is -0.789. The molecule has 1 aliphatic carbocycles. The van der Waals surface area contributed by atoms with Gasteiger partial charge in [0.05, 0.1) is 0 Å². The third kappa shape index (κ3) is 0.682. The van der Waals surface area contributed by atoms with E-state index < -0.39 is 11.5 Å². The summed E-state index contributed by atoms with van der Waals surface area (Å²) >= 11 is 0. The van der Waals surface area contributed by atoms with Gasteiger partial charge >= 0.3 is 5.97 Å². The van der Waals surface area contributed by atoms with Crippen molar-refractivity contribution in [2.24, 2.45) is 5.41 Å². The van der Waals surface area contributed by atoms with Gasteiger partial charge in [-0.05, 0) is 26.2 Å². The Morgan fingerprint density at radius 2 is 2.27 bits per heavy atom. The number of carbonyl (C=O) groups is 2. The van der Waals surface area contributed by atoms with Crippen LogP contribution < -0.4 is 0 Å².